The molecule has 0 fully saturated rings. The lowest BCUT2D eigenvalue weighted by molar-refractivity contribution is -0.376. The molecule has 0 aliphatic carbocycles. The number of halogens is 6. The number of para-hydroxylation sites is 1. The Morgan fingerprint density at radius 3 is 1.78 bits per heavy atom. The van der Waals surface area contributed by atoms with Crippen molar-refractivity contribution in [1.82, 2.24) is 0 Å². The first kappa shape index (κ1) is 14.6. The summed E-state index contributed by atoms with van der Waals surface area (Å²) in [7, 11) is 1.16. The van der Waals surface area contributed by atoms with Gasteiger partial charge in [0, 0.05) is 18.3 Å². The van der Waals surface area contributed by atoms with Crippen LogP contribution in [-0.4, -0.2) is 24.5 Å². The molecule has 0 amide bonds. The minimum atomic E-state index is -5.88. The molecule has 0 spiro atoms. The summed E-state index contributed by atoms with van der Waals surface area (Å²) in [6.45, 7) is 0. The van der Waals surface area contributed by atoms with E-state index in [1.165, 1.54) is 6.07 Å². The molecule has 0 aromatic heterocycles. The first-order valence-corrected chi connectivity index (χ1v) is 4.68. The fourth-order valence-electron chi connectivity index (χ4n) is 1.48. The van der Waals surface area contributed by atoms with E-state index in [0.717, 1.165) is 19.2 Å². The average molecular weight is 273 g/mol. The Morgan fingerprint density at radius 2 is 1.39 bits per heavy atom. The molecule has 0 bridgehead atoms. The van der Waals surface area contributed by atoms with Crippen molar-refractivity contribution in [3.63, 3.8) is 0 Å². The molecule has 18 heavy (non-hydrogen) atoms. The zero-order valence-electron chi connectivity index (χ0n) is 9.02. The van der Waals surface area contributed by atoms with Crippen LogP contribution in [0.1, 0.15) is 5.56 Å². The summed E-state index contributed by atoms with van der Waals surface area (Å²) in [6, 6.07) is 3.83. The number of alkyl halides is 6. The lowest BCUT2D eigenvalue weighted by atomic mass is 9.90. The molecule has 2 nitrogen and oxygen atoms in total. The molecule has 0 aliphatic heterocycles. The Hall–Kier alpha value is -1.44. The van der Waals surface area contributed by atoms with Crippen molar-refractivity contribution in [2.75, 3.05) is 12.4 Å². The largest absolute Gasteiger partial charge is 0.430 e. The molecule has 0 saturated heterocycles. The molecule has 2 N–H and O–H groups in total. The van der Waals surface area contributed by atoms with Crippen LogP contribution in [0.4, 0.5) is 32.0 Å². The summed E-state index contributed by atoms with van der Waals surface area (Å²) in [6.07, 6.45) is -11.8. The quantitative estimate of drug-likeness (QED) is 0.812. The van der Waals surface area contributed by atoms with Crippen LogP contribution in [0.5, 0.6) is 0 Å². The normalized spacial score (nSPS) is 13.6. The van der Waals surface area contributed by atoms with Gasteiger partial charge < -0.3 is 10.4 Å². The van der Waals surface area contributed by atoms with Gasteiger partial charge in [0.15, 0.2) is 0 Å². The highest BCUT2D eigenvalue weighted by molar-refractivity contribution is 5.54. The molecule has 0 radical (unpaired) electrons. The van der Waals surface area contributed by atoms with Crippen LogP contribution in [0.15, 0.2) is 24.3 Å². The van der Waals surface area contributed by atoms with Crippen LogP contribution in [0, 0.1) is 0 Å². The van der Waals surface area contributed by atoms with Crippen LogP contribution in [-0.2, 0) is 5.60 Å². The van der Waals surface area contributed by atoms with E-state index < -0.39 is 29.2 Å². The van der Waals surface area contributed by atoms with Gasteiger partial charge in [-0.15, -0.1) is 0 Å². The van der Waals surface area contributed by atoms with E-state index in [-0.39, 0.29) is 0 Å². The number of hydrogen-bond donors (Lipinski definition) is 2. The fourth-order valence-corrected chi connectivity index (χ4v) is 1.48. The number of anilines is 1. The number of benzene rings is 1. The lowest BCUT2D eigenvalue weighted by Gasteiger charge is -2.33. The van der Waals surface area contributed by atoms with Crippen molar-refractivity contribution in [3.05, 3.63) is 29.8 Å². The third-order valence-corrected chi connectivity index (χ3v) is 2.41. The Bertz CT molecular complexity index is 411. The Labute approximate surface area is 98.2 Å². The van der Waals surface area contributed by atoms with Crippen molar-refractivity contribution in [2.45, 2.75) is 18.0 Å². The topological polar surface area (TPSA) is 32.3 Å². The van der Waals surface area contributed by atoms with Crippen molar-refractivity contribution >= 4 is 5.69 Å². The van der Waals surface area contributed by atoms with E-state index >= 15 is 0 Å². The lowest BCUT2D eigenvalue weighted by Crippen LogP contribution is -2.54. The predicted octanol–water partition coefficient (Wildman–Crippen LogP) is 3.04. The monoisotopic (exact) mass is 273 g/mol. The molecular formula is C10H9F6NO. The van der Waals surface area contributed by atoms with Crippen LogP contribution < -0.4 is 5.32 Å². The van der Waals surface area contributed by atoms with Crippen molar-refractivity contribution in [1.29, 1.82) is 0 Å². The van der Waals surface area contributed by atoms with Gasteiger partial charge in [-0.3, -0.25) is 0 Å². The van der Waals surface area contributed by atoms with Gasteiger partial charge in [-0.05, 0) is 6.07 Å². The molecule has 1 aromatic carbocycles. The minimum absolute atomic E-state index is 0.449. The van der Waals surface area contributed by atoms with Gasteiger partial charge in [0.25, 0.3) is 5.60 Å². The van der Waals surface area contributed by atoms with Gasteiger partial charge in [0.1, 0.15) is 0 Å². The van der Waals surface area contributed by atoms with E-state index in [1.807, 2.05) is 0 Å². The highest BCUT2D eigenvalue weighted by Gasteiger charge is 2.72. The molecule has 8 heteroatoms. The first-order chi connectivity index (χ1) is 8.05. The van der Waals surface area contributed by atoms with E-state index in [2.05, 4.69) is 5.32 Å². The fraction of sp³-hybridized carbons (Fsp3) is 0.400. The van der Waals surface area contributed by atoms with E-state index in [0.29, 0.717) is 6.07 Å². The third kappa shape index (κ3) is 2.12. The van der Waals surface area contributed by atoms with Gasteiger partial charge >= 0.3 is 12.4 Å². The van der Waals surface area contributed by atoms with Gasteiger partial charge in [0.05, 0.1) is 0 Å². The highest BCUT2D eigenvalue weighted by Crippen LogP contribution is 2.51. The second kappa shape index (κ2) is 4.34. The number of nitrogens with one attached hydrogen (secondary N) is 1. The Kier molecular flexibility index (Phi) is 3.53. The maximum atomic E-state index is 12.6. The molecule has 0 atom stereocenters. The molecule has 0 unspecified atom stereocenters. The van der Waals surface area contributed by atoms with Crippen molar-refractivity contribution in [2.24, 2.45) is 0 Å². The van der Waals surface area contributed by atoms with E-state index in [9.17, 15) is 31.4 Å². The molecule has 1 rings (SSSR count). The van der Waals surface area contributed by atoms with Gasteiger partial charge in [-0.2, -0.15) is 26.3 Å². The summed E-state index contributed by atoms with van der Waals surface area (Å²) in [5.41, 5.74) is -6.64. The standard InChI is InChI=1S/C10H9F6NO/c1-17-7-5-3-2-4-6(7)8(18,9(11,12)13)10(14,15)16/h2-5,17-18H,1H3. The van der Waals surface area contributed by atoms with Crippen LogP contribution in [0.3, 0.4) is 0 Å². The SMILES string of the molecule is CNc1ccccc1C(O)(C(F)(F)F)C(F)(F)F. The summed E-state index contributed by atoms with van der Waals surface area (Å²) < 4.78 is 75.6. The zero-order chi connectivity index (χ0) is 14.2. The molecule has 0 saturated carbocycles. The second-order valence-electron chi connectivity index (χ2n) is 3.50. The summed E-state index contributed by atoms with van der Waals surface area (Å²) in [5, 5.41) is 11.4. The van der Waals surface area contributed by atoms with Gasteiger partial charge in [-0.1, -0.05) is 18.2 Å². The maximum Gasteiger partial charge on any atom is 0.430 e. The van der Waals surface area contributed by atoms with Gasteiger partial charge in [0.2, 0.25) is 0 Å². The third-order valence-electron chi connectivity index (χ3n) is 2.41. The summed E-state index contributed by atoms with van der Waals surface area (Å²) in [4.78, 5) is 0. The second-order valence-corrected chi connectivity index (χ2v) is 3.50. The highest BCUT2D eigenvalue weighted by atomic mass is 19.4. The molecule has 102 valence electrons. The van der Waals surface area contributed by atoms with Gasteiger partial charge in [-0.25, -0.2) is 0 Å². The Balaban J connectivity index is 3.56. The molecule has 1 aromatic rings. The summed E-state index contributed by atoms with van der Waals surface area (Å²) >= 11 is 0. The average Bonchev–Trinajstić information content (AvgIpc) is 2.24. The maximum absolute atomic E-state index is 12.6. The van der Waals surface area contributed by atoms with Crippen LogP contribution >= 0.6 is 0 Å². The number of aliphatic hydroxyl groups is 1. The first-order valence-electron chi connectivity index (χ1n) is 4.68. The minimum Gasteiger partial charge on any atom is -0.388 e. The predicted molar refractivity (Wildman–Crippen MR) is 52.0 cm³/mol. The number of rotatable bonds is 2. The molecule has 0 aliphatic rings. The van der Waals surface area contributed by atoms with E-state index in [4.69, 9.17) is 0 Å². The number of hydrogen-bond acceptors (Lipinski definition) is 2. The van der Waals surface area contributed by atoms with Crippen molar-refractivity contribution in [3.8, 4) is 0 Å². The van der Waals surface area contributed by atoms with Crippen LogP contribution in [0.25, 0.3) is 0 Å². The zero-order valence-corrected chi connectivity index (χ0v) is 9.02. The van der Waals surface area contributed by atoms with E-state index in [1.54, 1.807) is 0 Å². The summed E-state index contributed by atoms with van der Waals surface area (Å²) in [5.74, 6) is 0. The molecule has 0 heterocycles. The Morgan fingerprint density at radius 1 is 0.944 bits per heavy atom. The van der Waals surface area contributed by atoms with Crippen molar-refractivity contribution < 1.29 is 31.4 Å². The molecular weight excluding hydrogens is 264 g/mol. The smallest absolute Gasteiger partial charge is 0.388 e. The van der Waals surface area contributed by atoms with Crippen LogP contribution in [0.2, 0.25) is 0 Å².